The number of carbonyl (C=O) groups excluding carboxylic acids is 1. The lowest BCUT2D eigenvalue weighted by molar-refractivity contribution is -0.123. The number of nitrogens with one attached hydrogen (secondary N) is 1. The highest BCUT2D eigenvalue weighted by atomic mass is 16.3. The van der Waals surface area contributed by atoms with E-state index in [4.69, 9.17) is 0 Å². The van der Waals surface area contributed by atoms with E-state index in [1.807, 2.05) is 6.08 Å². The van der Waals surface area contributed by atoms with Crippen molar-refractivity contribution in [1.29, 1.82) is 0 Å². The average Bonchev–Trinajstić information content (AvgIpc) is 3.31. The lowest BCUT2D eigenvalue weighted by atomic mass is 10.0. The predicted molar refractivity (Wildman–Crippen MR) is 290 cm³/mol. The summed E-state index contributed by atoms with van der Waals surface area (Å²) in [6.07, 6.45) is 78.6. The summed E-state index contributed by atoms with van der Waals surface area (Å²) in [5.74, 6) is -0.0596. The van der Waals surface area contributed by atoms with Crippen LogP contribution in [0.5, 0.6) is 0 Å². The van der Waals surface area contributed by atoms with Gasteiger partial charge in [0, 0.05) is 6.42 Å². The molecule has 0 bridgehead atoms. The highest BCUT2D eigenvalue weighted by Gasteiger charge is 2.18. The summed E-state index contributed by atoms with van der Waals surface area (Å²) in [4.78, 5) is 12.4. The van der Waals surface area contributed by atoms with Crippen molar-refractivity contribution in [3.63, 3.8) is 0 Å². The van der Waals surface area contributed by atoms with Gasteiger partial charge in [-0.25, -0.2) is 0 Å². The maximum absolute atomic E-state index is 12.4. The van der Waals surface area contributed by atoms with E-state index in [9.17, 15) is 15.0 Å². The van der Waals surface area contributed by atoms with Gasteiger partial charge >= 0.3 is 0 Å². The molecule has 0 aliphatic heterocycles. The Morgan fingerprint density at radius 3 is 0.938 bits per heavy atom. The molecule has 2 atom stereocenters. The highest BCUT2D eigenvalue weighted by Crippen LogP contribution is 2.17. The fourth-order valence-corrected chi connectivity index (χ4v) is 9.07. The number of aliphatic hydroxyl groups excluding tert-OH is 2. The normalized spacial score (nSPS) is 13.1. The molecule has 0 aliphatic carbocycles. The molecule has 0 radical (unpaired) electrons. The van der Waals surface area contributed by atoms with Gasteiger partial charge < -0.3 is 15.5 Å². The third-order valence-electron chi connectivity index (χ3n) is 13.6. The lowest BCUT2D eigenvalue weighted by Gasteiger charge is -2.20. The first kappa shape index (κ1) is 63.4. The number of hydrogen-bond donors (Lipinski definition) is 3. The van der Waals surface area contributed by atoms with Crippen LogP contribution in [0.4, 0.5) is 0 Å². The Bertz CT molecular complexity index is 1030. The topological polar surface area (TPSA) is 69.6 Å². The highest BCUT2D eigenvalue weighted by molar-refractivity contribution is 5.76. The Hall–Kier alpha value is -1.65. The Balaban J connectivity index is 3.40. The molecular weight excluding hydrogens is 795 g/mol. The van der Waals surface area contributed by atoms with Crippen molar-refractivity contribution in [2.75, 3.05) is 6.61 Å². The number of aliphatic hydroxyl groups is 2. The van der Waals surface area contributed by atoms with Gasteiger partial charge in [-0.15, -0.1) is 0 Å². The van der Waals surface area contributed by atoms with Crippen molar-refractivity contribution in [2.45, 2.75) is 328 Å². The fraction of sp³-hybridized carbons (Fsp3) is 0.852. The molecule has 0 saturated carbocycles. The van der Waals surface area contributed by atoms with Gasteiger partial charge in [-0.1, -0.05) is 300 Å². The first-order chi connectivity index (χ1) is 32.2. The molecule has 3 N–H and O–H groups in total. The molecule has 0 aromatic rings. The quantitative estimate of drug-likeness (QED) is 0.0421. The predicted octanol–water partition coefficient (Wildman–Crippen LogP) is 19.4. The molecule has 0 aromatic carbocycles. The molecule has 4 heteroatoms. The zero-order valence-corrected chi connectivity index (χ0v) is 44.0. The average molecular weight is 911 g/mol. The van der Waals surface area contributed by atoms with Gasteiger partial charge in [-0.3, -0.25) is 4.79 Å². The van der Waals surface area contributed by atoms with E-state index >= 15 is 0 Å². The third-order valence-corrected chi connectivity index (χ3v) is 13.6. The molecule has 1 amide bonds. The summed E-state index contributed by atoms with van der Waals surface area (Å²) in [6, 6.07) is -0.620. The van der Waals surface area contributed by atoms with Gasteiger partial charge in [0.05, 0.1) is 18.8 Å². The van der Waals surface area contributed by atoms with E-state index in [1.165, 1.54) is 257 Å². The number of amides is 1. The molecule has 0 aliphatic rings. The van der Waals surface area contributed by atoms with Crippen LogP contribution in [-0.2, 0) is 4.79 Å². The molecule has 0 spiro atoms. The Morgan fingerprint density at radius 2 is 0.631 bits per heavy atom. The molecule has 0 heterocycles. The van der Waals surface area contributed by atoms with Gasteiger partial charge in [-0.2, -0.15) is 0 Å². The summed E-state index contributed by atoms with van der Waals surface area (Å²) in [5.41, 5.74) is 0. The first-order valence-electron chi connectivity index (χ1n) is 29.4. The van der Waals surface area contributed by atoms with E-state index < -0.39 is 12.1 Å². The van der Waals surface area contributed by atoms with Gasteiger partial charge in [0.15, 0.2) is 0 Å². The standard InChI is InChI=1S/C61H115NO3/c1-3-5-7-9-11-13-15-17-19-20-21-22-23-24-25-26-27-28-29-30-31-32-33-34-35-36-37-38-39-40-41-42-43-45-47-49-51-53-55-57-61(65)62-59(58-63)60(64)56-54-52-50-48-46-44-18-16-14-12-10-8-6-4-2/h15,17,20-21,23-24,54,56,59-60,63-64H,3-14,16,18-19,22,25-53,55,57-58H2,1-2H3,(H,62,65)/b17-15-,21-20-,24-23-,56-54+. The second-order valence-electron chi connectivity index (χ2n) is 20.1. The molecule has 0 fully saturated rings. The molecular formula is C61H115NO3. The van der Waals surface area contributed by atoms with Crippen LogP contribution in [0.15, 0.2) is 48.6 Å². The van der Waals surface area contributed by atoms with Crippen molar-refractivity contribution in [3.8, 4) is 0 Å². The molecule has 0 rings (SSSR count). The third kappa shape index (κ3) is 53.2. The van der Waals surface area contributed by atoms with Gasteiger partial charge in [0.25, 0.3) is 0 Å². The van der Waals surface area contributed by atoms with Crippen LogP contribution in [0.2, 0.25) is 0 Å². The van der Waals surface area contributed by atoms with E-state index in [0.717, 1.165) is 38.5 Å². The van der Waals surface area contributed by atoms with Crippen LogP contribution in [0.1, 0.15) is 316 Å². The summed E-state index contributed by atoms with van der Waals surface area (Å²) >= 11 is 0. The van der Waals surface area contributed by atoms with Crippen LogP contribution in [0.25, 0.3) is 0 Å². The van der Waals surface area contributed by atoms with Crippen LogP contribution in [0.3, 0.4) is 0 Å². The number of rotatable bonds is 54. The van der Waals surface area contributed by atoms with E-state index in [0.29, 0.717) is 6.42 Å². The van der Waals surface area contributed by atoms with E-state index in [2.05, 4.69) is 55.6 Å². The molecule has 0 saturated heterocycles. The molecule has 382 valence electrons. The zero-order valence-electron chi connectivity index (χ0n) is 44.0. The maximum Gasteiger partial charge on any atom is 0.220 e. The summed E-state index contributed by atoms with van der Waals surface area (Å²) in [6.45, 7) is 4.31. The zero-order chi connectivity index (χ0) is 47.0. The minimum atomic E-state index is -0.837. The number of hydrogen-bond acceptors (Lipinski definition) is 3. The summed E-state index contributed by atoms with van der Waals surface area (Å²) in [7, 11) is 0. The van der Waals surface area contributed by atoms with E-state index in [-0.39, 0.29) is 12.5 Å². The van der Waals surface area contributed by atoms with Crippen LogP contribution in [0, 0.1) is 0 Å². The Labute approximate surface area is 407 Å². The van der Waals surface area contributed by atoms with Crippen molar-refractivity contribution in [3.05, 3.63) is 48.6 Å². The van der Waals surface area contributed by atoms with Gasteiger partial charge in [0.1, 0.15) is 0 Å². The Morgan fingerprint density at radius 1 is 0.369 bits per heavy atom. The second kappa shape index (κ2) is 56.7. The second-order valence-corrected chi connectivity index (χ2v) is 20.1. The maximum atomic E-state index is 12.4. The van der Waals surface area contributed by atoms with E-state index in [1.54, 1.807) is 6.08 Å². The molecule has 0 aromatic heterocycles. The largest absolute Gasteiger partial charge is 0.394 e. The SMILES string of the molecule is CCCCCCC/C=C\C/C=C\C/C=C\CCCCCCCCCCCCCCCCCCCCCCCCCCC(=O)NC(CO)C(O)/C=C/CCCCCCCCCCCCCC. The summed E-state index contributed by atoms with van der Waals surface area (Å²) < 4.78 is 0. The van der Waals surface area contributed by atoms with Crippen molar-refractivity contribution in [1.82, 2.24) is 5.32 Å². The minimum Gasteiger partial charge on any atom is -0.394 e. The monoisotopic (exact) mass is 910 g/mol. The minimum absolute atomic E-state index is 0.0596. The van der Waals surface area contributed by atoms with Crippen molar-refractivity contribution >= 4 is 5.91 Å². The lowest BCUT2D eigenvalue weighted by Crippen LogP contribution is -2.45. The van der Waals surface area contributed by atoms with Gasteiger partial charge in [-0.05, 0) is 57.8 Å². The van der Waals surface area contributed by atoms with Crippen LogP contribution in [-0.4, -0.2) is 34.9 Å². The number of allylic oxidation sites excluding steroid dienone is 7. The van der Waals surface area contributed by atoms with Crippen LogP contribution >= 0.6 is 0 Å². The van der Waals surface area contributed by atoms with Crippen LogP contribution < -0.4 is 5.32 Å². The molecule has 2 unspecified atom stereocenters. The Kier molecular flexibility index (Phi) is 55.2. The number of unbranched alkanes of at least 4 members (excludes halogenated alkanes) is 41. The first-order valence-corrected chi connectivity index (χ1v) is 29.4. The summed E-state index contributed by atoms with van der Waals surface area (Å²) in [5, 5.41) is 23.1. The number of carbonyl (C=O) groups is 1. The smallest absolute Gasteiger partial charge is 0.220 e. The van der Waals surface area contributed by atoms with Crippen molar-refractivity contribution in [2.24, 2.45) is 0 Å². The fourth-order valence-electron chi connectivity index (χ4n) is 9.07. The molecule has 4 nitrogen and oxygen atoms in total. The van der Waals surface area contributed by atoms with Gasteiger partial charge in [0.2, 0.25) is 5.91 Å². The molecule has 65 heavy (non-hydrogen) atoms. The van der Waals surface area contributed by atoms with Crippen molar-refractivity contribution < 1.29 is 15.0 Å².